The van der Waals surface area contributed by atoms with Gasteiger partial charge in [-0.1, -0.05) is 42.5 Å². The summed E-state index contributed by atoms with van der Waals surface area (Å²) in [5, 5.41) is 4.53. The van der Waals surface area contributed by atoms with Crippen LogP contribution in [0, 0.1) is 0 Å². The summed E-state index contributed by atoms with van der Waals surface area (Å²) in [6.07, 6.45) is 0.123. The number of nitrogens with zero attached hydrogens (tertiary/aromatic N) is 1. The summed E-state index contributed by atoms with van der Waals surface area (Å²) in [7, 11) is 0. The topological polar surface area (TPSA) is 34.2 Å². The molecule has 106 valence electrons. The number of rotatable bonds is 2. The summed E-state index contributed by atoms with van der Waals surface area (Å²) in [5.74, 6) is 0. The second kappa shape index (κ2) is 5.56. The van der Waals surface area contributed by atoms with E-state index in [1.807, 2.05) is 12.1 Å². The quantitative estimate of drug-likeness (QED) is 0.783. The third-order valence-corrected chi connectivity index (χ3v) is 4.87. The molecule has 2 atom stereocenters. The molecule has 2 heterocycles. The molecule has 1 aromatic heterocycles. The van der Waals surface area contributed by atoms with E-state index < -0.39 is 0 Å². The number of morpholine rings is 1. The molecule has 1 aliphatic rings. The Balaban J connectivity index is 1.60. The van der Waals surface area contributed by atoms with Gasteiger partial charge in [-0.15, -0.1) is 11.3 Å². The first-order valence-electron chi connectivity index (χ1n) is 7.17. The van der Waals surface area contributed by atoms with Crippen LogP contribution in [0.15, 0.2) is 54.6 Å². The van der Waals surface area contributed by atoms with Gasteiger partial charge in [-0.3, -0.25) is 0 Å². The van der Waals surface area contributed by atoms with Crippen molar-refractivity contribution >= 4 is 21.6 Å². The summed E-state index contributed by atoms with van der Waals surface area (Å²) in [6, 6.07) is 18.6. The molecule has 0 aliphatic carbocycles. The standard InChI is InChI=1S/C17H16N2OS/c1-2-6-12(7-3-1)14-10-18-11-15(20-14)17-19-13-8-4-5-9-16(13)21-17/h1-9,14-15,18H,10-11H2. The molecule has 0 amide bonds. The van der Waals surface area contributed by atoms with E-state index >= 15 is 0 Å². The van der Waals surface area contributed by atoms with E-state index in [0.717, 1.165) is 23.6 Å². The summed E-state index contributed by atoms with van der Waals surface area (Å²) in [4.78, 5) is 4.72. The van der Waals surface area contributed by atoms with Crippen LogP contribution in [0.1, 0.15) is 22.8 Å². The Bertz CT molecular complexity index is 708. The molecule has 1 aliphatic heterocycles. The molecular formula is C17H16N2OS. The molecule has 1 saturated heterocycles. The highest BCUT2D eigenvalue weighted by Gasteiger charge is 2.26. The molecule has 1 N–H and O–H groups in total. The average Bonchev–Trinajstić information content (AvgIpc) is 3.00. The lowest BCUT2D eigenvalue weighted by molar-refractivity contribution is -0.0405. The second-order valence-electron chi connectivity index (χ2n) is 5.20. The fourth-order valence-electron chi connectivity index (χ4n) is 2.68. The zero-order valence-corrected chi connectivity index (χ0v) is 12.3. The van der Waals surface area contributed by atoms with Crippen LogP contribution in [-0.2, 0) is 4.74 Å². The molecule has 1 fully saturated rings. The lowest BCUT2D eigenvalue weighted by Gasteiger charge is -2.30. The lowest BCUT2D eigenvalue weighted by atomic mass is 10.1. The van der Waals surface area contributed by atoms with Crippen LogP contribution in [0.5, 0.6) is 0 Å². The number of benzene rings is 2. The van der Waals surface area contributed by atoms with E-state index in [-0.39, 0.29) is 12.2 Å². The van der Waals surface area contributed by atoms with Gasteiger partial charge in [0.25, 0.3) is 0 Å². The lowest BCUT2D eigenvalue weighted by Crippen LogP contribution is -2.35. The number of hydrogen-bond acceptors (Lipinski definition) is 4. The van der Waals surface area contributed by atoms with Crippen LogP contribution >= 0.6 is 11.3 Å². The molecule has 2 aromatic carbocycles. The first kappa shape index (κ1) is 13.0. The molecule has 3 aromatic rings. The number of aromatic nitrogens is 1. The van der Waals surface area contributed by atoms with Crippen LogP contribution in [0.2, 0.25) is 0 Å². The van der Waals surface area contributed by atoms with Crippen molar-refractivity contribution in [2.24, 2.45) is 0 Å². The van der Waals surface area contributed by atoms with Crippen molar-refractivity contribution in [3.63, 3.8) is 0 Å². The molecule has 21 heavy (non-hydrogen) atoms. The van der Waals surface area contributed by atoms with Crippen molar-refractivity contribution in [3.05, 3.63) is 65.2 Å². The number of para-hydroxylation sites is 1. The zero-order chi connectivity index (χ0) is 14.1. The van der Waals surface area contributed by atoms with Gasteiger partial charge < -0.3 is 10.1 Å². The minimum absolute atomic E-state index is 0.0290. The van der Waals surface area contributed by atoms with Crippen LogP contribution in [0.4, 0.5) is 0 Å². The van der Waals surface area contributed by atoms with Crippen LogP contribution in [-0.4, -0.2) is 18.1 Å². The van der Waals surface area contributed by atoms with Crippen LogP contribution < -0.4 is 5.32 Å². The van der Waals surface area contributed by atoms with E-state index in [9.17, 15) is 0 Å². The van der Waals surface area contributed by atoms with Gasteiger partial charge >= 0.3 is 0 Å². The number of hydrogen-bond donors (Lipinski definition) is 1. The zero-order valence-electron chi connectivity index (χ0n) is 11.5. The van der Waals surface area contributed by atoms with Crippen molar-refractivity contribution in [2.75, 3.05) is 13.1 Å². The summed E-state index contributed by atoms with van der Waals surface area (Å²) >= 11 is 1.72. The van der Waals surface area contributed by atoms with E-state index in [1.165, 1.54) is 10.3 Å². The maximum Gasteiger partial charge on any atom is 0.124 e. The smallest absolute Gasteiger partial charge is 0.124 e. The van der Waals surface area contributed by atoms with E-state index in [0.29, 0.717) is 0 Å². The first-order valence-corrected chi connectivity index (χ1v) is 7.98. The second-order valence-corrected chi connectivity index (χ2v) is 6.26. The maximum absolute atomic E-state index is 6.27. The molecule has 0 spiro atoms. The molecule has 4 heteroatoms. The SMILES string of the molecule is c1ccc(C2CNCC(c3nc4ccccc4s3)O2)cc1. The fourth-order valence-corrected chi connectivity index (χ4v) is 3.68. The normalized spacial score (nSPS) is 22.5. The number of fused-ring (bicyclic) bond motifs is 1. The molecule has 0 saturated carbocycles. The van der Waals surface area contributed by atoms with E-state index in [2.05, 4.69) is 47.8 Å². The Morgan fingerprint density at radius 3 is 2.57 bits per heavy atom. The highest BCUT2D eigenvalue weighted by molar-refractivity contribution is 7.18. The van der Waals surface area contributed by atoms with Crippen molar-refractivity contribution in [1.29, 1.82) is 0 Å². The van der Waals surface area contributed by atoms with Crippen molar-refractivity contribution in [2.45, 2.75) is 12.2 Å². The Morgan fingerprint density at radius 2 is 1.71 bits per heavy atom. The predicted octanol–water partition coefficient (Wildman–Crippen LogP) is 3.70. The third kappa shape index (κ3) is 2.58. The van der Waals surface area contributed by atoms with Gasteiger partial charge in [0.15, 0.2) is 0 Å². The van der Waals surface area contributed by atoms with Gasteiger partial charge in [-0.25, -0.2) is 4.98 Å². The highest BCUT2D eigenvalue weighted by atomic mass is 32.1. The number of ether oxygens (including phenoxy) is 1. The number of nitrogens with one attached hydrogen (secondary N) is 1. The fraction of sp³-hybridized carbons (Fsp3) is 0.235. The van der Waals surface area contributed by atoms with Gasteiger partial charge in [0.05, 0.1) is 16.3 Å². The summed E-state index contributed by atoms with van der Waals surface area (Å²) < 4.78 is 7.49. The summed E-state index contributed by atoms with van der Waals surface area (Å²) in [6.45, 7) is 1.68. The Labute approximate surface area is 127 Å². The van der Waals surface area contributed by atoms with Crippen molar-refractivity contribution in [3.8, 4) is 0 Å². The van der Waals surface area contributed by atoms with Gasteiger partial charge in [0, 0.05) is 13.1 Å². The average molecular weight is 296 g/mol. The van der Waals surface area contributed by atoms with Crippen molar-refractivity contribution in [1.82, 2.24) is 10.3 Å². The maximum atomic E-state index is 6.27. The van der Waals surface area contributed by atoms with Crippen LogP contribution in [0.3, 0.4) is 0 Å². The predicted molar refractivity (Wildman–Crippen MR) is 85.5 cm³/mol. The van der Waals surface area contributed by atoms with Gasteiger partial charge in [0.2, 0.25) is 0 Å². The van der Waals surface area contributed by atoms with Gasteiger partial charge in [-0.05, 0) is 17.7 Å². The molecule has 0 radical (unpaired) electrons. The first-order chi connectivity index (χ1) is 10.4. The van der Waals surface area contributed by atoms with E-state index in [1.54, 1.807) is 11.3 Å². The molecular weight excluding hydrogens is 280 g/mol. The third-order valence-electron chi connectivity index (χ3n) is 3.75. The Hall–Kier alpha value is -1.75. The van der Waals surface area contributed by atoms with Crippen molar-refractivity contribution < 1.29 is 4.74 Å². The molecule has 4 rings (SSSR count). The largest absolute Gasteiger partial charge is 0.360 e. The summed E-state index contributed by atoms with van der Waals surface area (Å²) in [5.41, 5.74) is 2.28. The van der Waals surface area contributed by atoms with Crippen LogP contribution in [0.25, 0.3) is 10.2 Å². The number of thiazole rings is 1. The Morgan fingerprint density at radius 1 is 0.952 bits per heavy atom. The monoisotopic (exact) mass is 296 g/mol. The molecule has 0 bridgehead atoms. The van der Waals surface area contributed by atoms with Gasteiger partial charge in [-0.2, -0.15) is 0 Å². The minimum Gasteiger partial charge on any atom is -0.360 e. The molecule has 3 nitrogen and oxygen atoms in total. The van der Waals surface area contributed by atoms with E-state index in [4.69, 9.17) is 9.72 Å². The molecule has 2 unspecified atom stereocenters. The Kier molecular flexibility index (Phi) is 3.43. The van der Waals surface area contributed by atoms with Gasteiger partial charge in [0.1, 0.15) is 11.1 Å². The minimum atomic E-state index is 0.0290. The highest BCUT2D eigenvalue weighted by Crippen LogP contribution is 2.33.